The zero-order valence-electron chi connectivity index (χ0n) is 16.0. The van der Waals surface area contributed by atoms with Gasteiger partial charge in [-0.3, -0.25) is 4.79 Å². The quantitative estimate of drug-likeness (QED) is 0.534. The third-order valence-corrected chi connectivity index (χ3v) is 5.08. The molecule has 2 amide bonds. The number of nitrogens with one attached hydrogen (secondary N) is 2. The number of benzene rings is 2. The molecule has 0 saturated heterocycles. The number of thioether (sulfide) groups is 1. The monoisotopic (exact) mass is 386 g/mol. The smallest absolute Gasteiger partial charge is 0.408 e. The normalized spacial score (nSPS) is 11.5. The lowest BCUT2D eigenvalue weighted by Crippen LogP contribution is -2.45. The van der Waals surface area contributed by atoms with Crippen molar-refractivity contribution in [2.24, 2.45) is 0 Å². The Morgan fingerprint density at radius 3 is 2.52 bits per heavy atom. The van der Waals surface area contributed by atoms with Crippen molar-refractivity contribution >= 4 is 23.8 Å². The molecule has 0 aliphatic heterocycles. The summed E-state index contributed by atoms with van der Waals surface area (Å²) in [6.07, 6.45) is -0.606. The first-order chi connectivity index (χ1) is 13.0. The molecule has 0 aromatic heterocycles. The molecule has 0 spiro atoms. The summed E-state index contributed by atoms with van der Waals surface area (Å²) in [7, 11) is 0. The minimum absolute atomic E-state index is 0.174. The molecule has 2 aromatic carbocycles. The standard InChI is InChI=1S/C21H26N2O3S/c1-15-9-10-19(13-16(15)2)27-12-11-22-20(24)17(3)23-21(25)26-14-18-7-5-4-6-8-18/h4-10,13,17H,11-12,14H2,1-3H3,(H,22,24)(H,23,25)/t17-/m1/s1. The van der Waals surface area contributed by atoms with Gasteiger partial charge in [0.15, 0.2) is 0 Å². The number of amides is 2. The molecule has 0 saturated carbocycles. The number of ether oxygens (including phenoxy) is 1. The van der Waals surface area contributed by atoms with Crippen LogP contribution in [0, 0.1) is 13.8 Å². The summed E-state index contributed by atoms with van der Waals surface area (Å²) in [5.74, 6) is 0.534. The Balaban J connectivity index is 1.64. The summed E-state index contributed by atoms with van der Waals surface area (Å²) < 4.78 is 5.12. The zero-order valence-corrected chi connectivity index (χ0v) is 16.8. The van der Waals surface area contributed by atoms with Crippen molar-refractivity contribution in [3.8, 4) is 0 Å². The van der Waals surface area contributed by atoms with Gasteiger partial charge in [0, 0.05) is 17.2 Å². The molecule has 2 aromatic rings. The second-order valence-electron chi connectivity index (χ2n) is 6.31. The lowest BCUT2D eigenvalue weighted by Gasteiger charge is -2.14. The van der Waals surface area contributed by atoms with E-state index in [9.17, 15) is 9.59 Å². The number of hydrogen-bond acceptors (Lipinski definition) is 4. The summed E-state index contributed by atoms with van der Waals surface area (Å²) in [6, 6.07) is 15.1. The number of rotatable bonds is 8. The summed E-state index contributed by atoms with van der Waals surface area (Å²) in [6.45, 7) is 6.51. The Hall–Kier alpha value is -2.47. The molecule has 0 bridgehead atoms. The van der Waals surface area contributed by atoms with Crippen molar-refractivity contribution in [2.75, 3.05) is 12.3 Å². The first-order valence-electron chi connectivity index (χ1n) is 8.90. The van der Waals surface area contributed by atoms with Crippen LogP contribution < -0.4 is 10.6 Å². The third-order valence-electron chi connectivity index (χ3n) is 4.09. The van der Waals surface area contributed by atoms with Gasteiger partial charge in [-0.2, -0.15) is 0 Å². The summed E-state index contributed by atoms with van der Waals surface area (Å²) >= 11 is 1.69. The van der Waals surface area contributed by atoms with Crippen molar-refractivity contribution in [2.45, 2.75) is 38.3 Å². The minimum atomic E-state index is -0.653. The SMILES string of the molecule is Cc1ccc(SCCNC(=O)[C@@H](C)NC(=O)OCc2ccccc2)cc1C. The molecule has 27 heavy (non-hydrogen) atoms. The number of aryl methyl sites for hydroxylation is 2. The molecule has 0 unspecified atom stereocenters. The van der Waals surface area contributed by atoms with E-state index in [2.05, 4.69) is 42.7 Å². The largest absolute Gasteiger partial charge is 0.445 e. The Morgan fingerprint density at radius 2 is 1.81 bits per heavy atom. The van der Waals surface area contributed by atoms with Crippen molar-refractivity contribution in [3.05, 3.63) is 65.2 Å². The average molecular weight is 387 g/mol. The summed E-state index contributed by atoms with van der Waals surface area (Å²) in [4.78, 5) is 25.0. The molecule has 2 N–H and O–H groups in total. The maximum Gasteiger partial charge on any atom is 0.408 e. The molecule has 0 radical (unpaired) electrons. The van der Waals surface area contributed by atoms with E-state index >= 15 is 0 Å². The van der Waals surface area contributed by atoms with E-state index in [0.29, 0.717) is 6.54 Å². The van der Waals surface area contributed by atoms with Gasteiger partial charge in [0.05, 0.1) is 0 Å². The number of alkyl carbamates (subject to hydrolysis) is 1. The highest BCUT2D eigenvalue weighted by molar-refractivity contribution is 7.99. The highest BCUT2D eigenvalue weighted by Crippen LogP contribution is 2.20. The molecule has 0 aliphatic carbocycles. The van der Waals surface area contributed by atoms with Crippen LogP contribution in [0.25, 0.3) is 0 Å². The number of carbonyl (C=O) groups excluding carboxylic acids is 2. The fourth-order valence-electron chi connectivity index (χ4n) is 2.31. The van der Waals surface area contributed by atoms with Gasteiger partial charge in [-0.25, -0.2) is 4.79 Å². The van der Waals surface area contributed by atoms with E-state index in [0.717, 1.165) is 11.3 Å². The first kappa shape index (κ1) is 20.8. The molecule has 5 nitrogen and oxygen atoms in total. The van der Waals surface area contributed by atoms with Gasteiger partial charge in [0.2, 0.25) is 5.91 Å². The van der Waals surface area contributed by atoms with Crippen LogP contribution in [0.15, 0.2) is 53.4 Å². The second-order valence-corrected chi connectivity index (χ2v) is 7.48. The van der Waals surface area contributed by atoms with Gasteiger partial charge < -0.3 is 15.4 Å². The molecule has 6 heteroatoms. The van der Waals surface area contributed by atoms with Crippen LogP contribution >= 0.6 is 11.8 Å². The predicted molar refractivity (Wildman–Crippen MR) is 109 cm³/mol. The Labute approximate surface area is 164 Å². The van der Waals surface area contributed by atoms with Crippen LogP contribution in [-0.4, -0.2) is 30.3 Å². The van der Waals surface area contributed by atoms with Gasteiger partial charge in [0.25, 0.3) is 0 Å². The van der Waals surface area contributed by atoms with Gasteiger partial charge >= 0.3 is 6.09 Å². The molecule has 2 rings (SSSR count). The molecule has 0 heterocycles. The fourth-order valence-corrected chi connectivity index (χ4v) is 3.17. The maximum atomic E-state index is 12.1. The van der Waals surface area contributed by atoms with Crippen LogP contribution in [0.2, 0.25) is 0 Å². The molecular weight excluding hydrogens is 360 g/mol. The summed E-state index contributed by atoms with van der Waals surface area (Å²) in [5.41, 5.74) is 3.43. The predicted octanol–water partition coefficient (Wildman–Crippen LogP) is 3.83. The average Bonchev–Trinajstić information content (AvgIpc) is 2.67. The van der Waals surface area contributed by atoms with E-state index in [1.165, 1.54) is 16.0 Å². The fraction of sp³-hybridized carbons (Fsp3) is 0.333. The Bertz CT molecular complexity index is 765. The topological polar surface area (TPSA) is 67.4 Å². The summed E-state index contributed by atoms with van der Waals surface area (Å²) in [5, 5.41) is 5.37. The van der Waals surface area contributed by atoms with Crippen molar-refractivity contribution in [1.82, 2.24) is 10.6 Å². The highest BCUT2D eigenvalue weighted by Gasteiger charge is 2.15. The van der Waals surface area contributed by atoms with Crippen LogP contribution in [0.4, 0.5) is 4.79 Å². The lowest BCUT2D eigenvalue weighted by atomic mass is 10.1. The zero-order chi connectivity index (χ0) is 19.6. The van der Waals surface area contributed by atoms with Gasteiger partial charge in [-0.1, -0.05) is 36.4 Å². The van der Waals surface area contributed by atoms with E-state index in [-0.39, 0.29) is 12.5 Å². The van der Waals surface area contributed by atoms with E-state index in [1.54, 1.807) is 18.7 Å². The van der Waals surface area contributed by atoms with Crippen LogP contribution in [0.1, 0.15) is 23.6 Å². The van der Waals surface area contributed by atoms with E-state index in [4.69, 9.17) is 4.74 Å². The number of carbonyl (C=O) groups is 2. The van der Waals surface area contributed by atoms with Crippen LogP contribution in [-0.2, 0) is 16.1 Å². The second kappa shape index (κ2) is 10.6. The highest BCUT2D eigenvalue weighted by atomic mass is 32.2. The van der Waals surface area contributed by atoms with Crippen molar-refractivity contribution in [1.29, 1.82) is 0 Å². The lowest BCUT2D eigenvalue weighted by molar-refractivity contribution is -0.122. The third kappa shape index (κ3) is 7.35. The van der Waals surface area contributed by atoms with Crippen LogP contribution in [0.3, 0.4) is 0 Å². The van der Waals surface area contributed by atoms with Gasteiger partial charge in [0.1, 0.15) is 12.6 Å². The Kier molecular flexibility index (Phi) is 8.20. The molecule has 1 atom stereocenters. The van der Waals surface area contributed by atoms with E-state index < -0.39 is 12.1 Å². The molecule has 0 fully saturated rings. The van der Waals surface area contributed by atoms with Gasteiger partial charge in [-0.05, 0) is 49.6 Å². The van der Waals surface area contributed by atoms with Gasteiger partial charge in [-0.15, -0.1) is 11.8 Å². The molecule has 0 aliphatic rings. The minimum Gasteiger partial charge on any atom is -0.445 e. The van der Waals surface area contributed by atoms with E-state index in [1.807, 2.05) is 30.3 Å². The van der Waals surface area contributed by atoms with Crippen molar-refractivity contribution in [3.63, 3.8) is 0 Å². The number of hydrogen-bond donors (Lipinski definition) is 2. The molecule has 144 valence electrons. The first-order valence-corrected chi connectivity index (χ1v) is 9.89. The molecular formula is C21H26N2O3S. The Morgan fingerprint density at radius 1 is 1.07 bits per heavy atom. The maximum absolute atomic E-state index is 12.1. The van der Waals surface area contributed by atoms with Crippen molar-refractivity contribution < 1.29 is 14.3 Å². The van der Waals surface area contributed by atoms with Crippen LogP contribution in [0.5, 0.6) is 0 Å².